The maximum atomic E-state index is 9.83. The Morgan fingerprint density at radius 3 is 2.86 bits per heavy atom. The molecule has 144 valence electrons. The van der Waals surface area contributed by atoms with E-state index >= 15 is 0 Å². The number of pyridine rings is 2. The predicted molar refractivity (Wildman–Crippen MR) is 109 cm³/mol. The molecule has 7 heteroatoms. The first-order chi connectivity index (χ1) is 13.6. The van der Waals surface area contributed by atoms with Gasteiger partial charge in [0.05, 0.1) is 7.11 Å². The fourth-order valence-corrected chi connectivity index (χ4v) is 3.91. The lowest BCUT2D eigenvalue weighted by atomic mass is 10.0. The number of rotatable bonds is 5. The van der Waals surface area contributed by atoms with Crippen molar-refractivity contribution in [3.63, 3.8) is 0 Å². The zero-order valence-corrected chi connectivity index (χ0v) is 16.2. The number of nitrogens with zero attached hydrogens (tertiary/aromatic N) is 3. The smallest absolute Gasteiger partial charge is 0.232 e. The monoisotopic (exact) mass is 396 g/mol. The van der Waals surface area contributed by atoms with Gasteiger partial charge in [-0.25, -0.2) is 9.97 Å². The molecule has 6 nitrogen and oxygen atoms in total. The number of anilines is 2. The van der Waals surface area contributed by atoms with Gasteiger partial charge in [-0.05, 0) is 53.8 Å². The number of fused-ring (bicyclic) bond motifs is 1. The average Bonchev–Trinajstić information content (AvgIpc) is 3.12. The number of halogens is 1. The second-order valence-corrected chi connectivity index (χ2v) is 7.13. The van der Waals surface area contributed by atoms with Crippen molar-refractivity contribution in [3.8, 4) is 5.88 Å². The Bertz CT molecular complexity index is 1010. The third-order valence-corrected chi connectivity index (χ3v) is 5.21. The minimum Gasteiger partial charge on any atom is -0.480 e. The van der Waals surface area contributed by atoms with Crippen LogP contribution in [0.1, 0.15) is 28.5 Å². The van der Waals surface area contributed by atoms with Crippen molar-refractivity contribution in [1.82, 2.24) is 9.97 Å². The molecule has 3 heterocycles. The van der Waals surface area contributed by atoms with Crippen molar-refractivity contribution >= 4 is 23.1 Å². The molecule has 2 aromatic heterocycles. The van der Waals surface area contributed by atoms with E-state index in [1.54, 1.807) is 13.3 Å². The molecular formula is C21H21ClN4O2. The van der Waals surface area contributed by atoms with Crippen LogP contribution in [0, 0.1) is 0 Å². The SMILES string of the molecule is COc1ncc(Cc2ccnc(N3CCc4c(C(N)O)cccc43)c2)cc1Cl. The van der Waals surface area contributed by atoms with Crippen LogP contribution in [0.2, 0.25) is 5.02 Å². The summed E-state index contributed by atoms with van der Waals surface area (Å²) in [5.74, 6) is 1.29. The zero-order chi connectivity index (χ0) is 19.7. The molecule has 1 aliphatic rings. The Kier molecular flexibility index (Phi) is 5.17. The Labute approximate surface area is 168 Å². The van der Waals surface area contributed by atoms with E-state index in [2.05, 4.69) is 20.9 Å². The maximum absolute atomic E-state index is 9.83. The van der Waals surface area contributed by atoms with Gasteiger partial charge in [0.25, 0.3) is 0 Å². The minimum atomic E-state index is -0.971. The standard InChI is InChI=1S/C21H21ClN4O2/c1-28-21-17(22)10-14(12-25-21)9-13-5-7-24-19(11-13)26-8-6-15-16(20(23)27)3-2-4-18(15)26/h2-5,7,10-12,20,27H,6,8-9,23H2,1H3. The number of nitrogens with two attached hydrogens (primary N) is 1. The van der Waals surface area contributed by atoms with Crippen molar-refractivity contribution in [1.29, 1.82) is 0 Å². The topological polar surface area (TPSA) is 84.5 Å². The predicted octanol–water partition coefficient (Wildman–Crippen LogP) is 3.37. The van der Waals surface area contributed by atoms with Gasteiger partial charge in [0.15, 0.2) is 0 Å². The van der Waals surface area contributed by atoms with Crippen LogP contribution in [0.3, 0.4) is 0 Å². The molecule has 3 aromatic rings. The van der Waals surface area contributed by atoms with Gasteiger partial charge in [-0.3, -0.25) is 0 Å². The molecule has 0 bridgehead atoms. The van der Waals surface area contributed by atoms with Gasteiger partial charge in [-0.2, -0.15) is 0 Å². The molecule has 0 saturated carbocycles. The Morgan fingerprint density at radius 2 is 2.11 bits per heavy atom. The maximum Gasteiger partial charge on any atom is 0.232 e. The van der Waals surface area contributed by atoms with E-state index in [0.717, 1.165) is 46.7 Å². The second kappa shape index (κ2) is 7.75. The molecular weight excluding hydrogens is 376 g/mol. The van der Waals surface area contributed by atoms with Crippen LogP contribution < -0.4 is 15.4 Å². The van der Waals surface area contributed by atoms with Crippen LogP contribution in [0.25, 0.3) is 0 Å². The highest BCUT2D eigenvalue weighted by atomic mass is 35.5. The number of hydrogen-bond donors (Lipinski definition) is 2. The highest BCUT2D eigenvalue weighted by Crippen LogP contribution is 2.37. The number of aliphatic hydroxyl groups excluding tert-OH is 1. The highest BCUT2D eigenvalue weighted by Gasteiger charge is 2.25. The van der Waals surface area contributed by atoms with Crippen molar-refractivity contribution in [2.45, 2.75) is 19.1 Å². The molecule has 0 saturated heterocycles. The van der Waals surface area contributed by atoms with E-state index in [9.17, 15) is 5.11 Å². The molecule has 0 radical (unpaired) electrons. The van der Waals surface area contributed by atoms with Crippen LogP contribution in [0.4, 0.5) is 11.5 Å². The summed E-state index contributed by atoms with van der Waals surface area (Å²) in [5, 5.41) is 10.3. The van der Waals surface area contributed by atoms with Crippen molar-refractivity contribution in [2.24, 2.45) is 5.73 Å². The van der Waals surface area contributed by atoms with Gasteiger partial charge < -0.3 is 20.5 Å². The molecule has 1 atom stereocenters. The summed E-state index contributed by atoms with van der Waals surface area (Å²) in [5.41, 5.74) is 10.7. The lowest BCUT2D eigenvalue weighted by Crippen LogP contribution is -2.15. The van der Waals surface area contributed by atoms with Crippen molar-refractivity contribution < 1.29 is 9.84 Å². The first-order valence-corrected chi connectivity index (χ1v) is 9.41. The van der Waals surface area contributed by atoms with Gasteiger partial charge in [-0.15, -0.1) is 0 Å². The van der Waals surface area contributed by atoms with Crippen LogP contribution in [0.5, 0.6) is 5.88 Å². The number of aliphatic hydroxyl groups is 1. The fraction of sp³-hybridized carbons (Fsp3) is 0.238. The molecule has 1 unspecified atom stereocenters. The number of methoxy groups -OCH3 is 1. The first-order valence-electron chi connectivity index (χ1n) is 9.03. The summed E-state index contributed by atoms with van der Waals surface area (Å²) in [6.07, 6.45) is 4.12. The minimum absolute atomic E-state index is 0.424. The summed E-state index contributed by atoms with van der Waals surface area (Å²) in [4.78, 5) is 10.9. The van der Waals surface area contributed by atoms with Gasteiger partial charge in [-0.1, -0.05) is 23.7 Å². The third kappa shape index (κ3) is 3.54. The van der Waals surface area contributed by atoms with Crippen molar-refractivity contribution in [3.05, 3.63) is 76.1 Å². The molecule has 4 rings (SSSR count). The Balaban J connectivity index is 1.61. The van der Waals surface area contributed by atoms with E-state index in [4.69, 9.17) is 22.1 Å². The van der Waals surface area contributed by atoms with E-state index < -0.39 is 6.23 Å². The van der Waals surface area contributed by atoms with Gasteiger partial charge in [0, 0.05) is 30.2 Å². The lowest BCUT2D eigenvalue weighted by Gasteiger charge is -2.20. The summed E-state index contributed by atoms with van der Waals surface area (Å²) >= 11 is 6.19. The summed E-state index contributed by atoms with van der Waals surface area (Å²) in [6, 6.07) is 11.7. The molecule has 1 aromatic carbocycles. The Morgan fingerprint density at radius 1 is 1.25 bits per heavy atom. The third-order valence-electron chi connectivity index (χ3n) is 4.93. The summed E-state index contributed by atoms with van der Waals surface area (Å²) in [6.45, 7) is 0.797. The molecule has 28 heavy (non-hydrogen) atoms. The van der Waals surface area contributed by atoms with Crippen LogP contribution in [-0.2, 0) is 12.8 Å². The van der Waals surface area contributed by atoms with E-state index in [1.807, 2.05) is 36.5 Å². The zero-order valence-electron chi connectivity index (χ0n) is 15.5. The Hall–Kier alpha value is -2.67. The summed E-state index contributed by atoms with van der Waals surface area (Å²) < 4.78 is 5.11. The number of benzene rings is 1. The lowest BCUT2D eigenvalue weighted by molar-refractivity contribution is 0.185. The van der Waals surface area contributed by atoms with Crippen LogP contribution >= 0.6 is 11.6 Å². The molecule has 0 fully saturated rings. The quantitative estimate of drug-likeness (QED) is 0.643. The molecule has 0 aliphatic carbocycles. The largest absolute Gasteiger partial charge is 0.480 e. The average molecular weight is 397 g/mol. The molecule has 3 N–H and O–H groups in total. The van der Waals surface area contributed by atoms with Gasteiger partial charge >= 0.3 is 0 Å². The van der Waals surface area contributed by atoms with E-state index in [-0.39, 0.29) is 0 Å². The fourth-order valence-electron chi connectivity index (χ4n) is 3.64. The van der Waals surface area contributed by atoms with E-state index in [1.165, 1.54) is 0 Å². The van der Waals surface area contributed by atoms with Crippen molar-refractivity contribution in [2.75, 3.05) is 18.6 Å². The number of hydrogen-bond acceptors (Lipinski definition) is 6. The first kappa shape index (κ1) is 18.7. The van der Waals surface area contributed by atoms with Crippen LogP contribution in [-0.4, -0.2) is 28.7 Å². The molecule has 0 spiro atoms. The normalized spacial score (nSPS) is 14.1. The number of aromatic nitrogens is 2. The van der Waals surface area contributed by atoms with Crippen LogP contribution in [0.15, 0.2) is 48.8 Å². The molecule has 1 aliphatic heterocycles. The van der Waals surface area contributed by atoms with E-state index in [0.29, 0.717) is 17.3 Å². The summed E-state index contributed by atoms with van der Waals surface area (Å²) in [7, 11) is 1.55. The van der Waals surface area contributed by atoms with Gasteiger partial charge in [0.2, 0.25) is 5.88 Å². The highest BCUT2D eigenvalue weighted by molar-refractivity contribution is 6.31. The number of ether oxygens (including phenoxy) is 1. The van der Waals surface area contributed by atoms with Gasteiger partial charge in [0.1, 0.15) is 17.1 Å². The molecule has 0 amide bonds. The second-order valence-electron chi connectivity index (χ2n) is 6.73.